The van der Waals surface area contributed by atoms with Crippen LogP contribution in [0.4, 0.5) is 0 Å². The van der Waals surface area contributed by atoms with Gasteiger partial charge in [0.25, 0.3) is 0 Å². The highest BCUT2D eigenvalue weighted by atomic mass is 32.2. The van der Waals surface area contributed by atoms with Gasteiger partial charge in [-0.3, -0.25) is 4.79 Å². The molecule has 0 aliphatic heterocycles. The summed E-state index contributed by atoms with van der Waals surface area (Å²) in [6.45, 7) is 4.37. The molecule has 0 spiro atoms. The summed E-state index contributed by atoms with van der Waals surface area (Å²) in [7, 11) is 0.463. The van der Waals surface area contributed by atoms with Crippen LogP contribution in [0.15, 0.2) is 23.1 Å². The first-order valence-electron chi connectivity index (χ1n) is 7.64. The van der Waals surface area contributed by atoms with Crippen molar-refractivity contribution in [2.75, 3.05) is 41.0 Å². The minimum Gasteiger partial charge on any atom is -0.495 e. The summed E-state index contributed by atoms with van der Waals surface area (Å²) in [5, 5.41) is 2.59. The highest BCUT2D eigenvalue weighted by Gasteiger charge is 2.27. The molecule has 0 radical (unpaired) electrons. The lowest BCUT2D eigenvalue weighted by atomic mass is 10.0. The molecule has 1 aromatic carbocycles. The van der Waals surface area contributed by atoms with E-state index in [1.807, 2.05) is 19.9 Å². The van der Waals surface area contributed by atoms with Gasteiger partial charge >= 0.3 is 0 Å². The third kappa shape index (κ3) is 5.19. The number of benzene rings is 1. The van der Waals surface area contributed by atoms with Gasteiger partial charge in [0.1, 0.15) is 10.6 Å². The van der Waals surface area contributed by atoms with Crippen molar-refractivity contribution in [1.82, 2.24) is 9.62 Å². The number of nitrogens with one attached hydrogen (secondary N) is 1. The number of likely N-dealkylation sites (N-methyl/N-ethyl adjacent to an activating group) is 1. The van der Waals surface area contributed by atoms with E-state index < -0.39 is 15.9 Å². The molecule has 8 heteroatoms. The Morgan fingerprint density at radius 3 is 2.50 bits per heavy atom. The minimum absolute atomic E-state index is 0.0587. The Hall–Kier alpha value is -1.64. The van der Waals surface area contributed by atoms with Crippen LogP contribution in [0.1, 0.15) is 25.3 Å². The van der Waals surface area contributed by atoms with Gasteiger partial charge in [0.05, 0.1) is 20.3 Å². The molecule has 136 valence electrons. The highest BCUT2D eigenvalue weighted by molar-refractivity contribution is 7.89. The molecule has 0 saturated carbocycles. The smallest absolute Gasteiger partial charge is 0.246 e. The lowest BCUT2D eigenvalue weighted by molar-refractivity contribution is -0.121. The molecule has 7 nitrogen and oxygen atoms in total. The zero-order chi connectivity index (χ0) is 18.3. The van der Waals surface area contributed by atoms with Crippen molar-refractivity contribution in [2.24, 2.45) is 0 Å². The van der Waals surface area contributed by atoms with Crippen LogP contribution in [-0.2, 0) is 19.6 Å². The normalized spacial score (nSPS) is 11.8. The number of methoxy groups -OCH3 is 2. The third-order valence-electron chi connectivity index (χ3n) is 3.54. The van der Waals surface area contributed by atoms with E-state index in [-0.39, 0.29) is 23.1 Å². The van der Waals surface area contributed by atoms with Gasteiger partial charge in [-0.1, -0.05) is 19.9 Å². The fraction of sp³-hybridized carbons (Fsp3) is 0.562. The van der Waals surface area contributed by atoms with E-state index in [1.54, 1.807) is 12.1 Å². The average Bonchev–Trinajstić information content (AvgIpc) is 2.54. The summed E-state index contributed by atoms with van der Waals surface area (Å²) < 4.78 is 36.6. The highest BCUT2D eigenvalue weighted by Crippen LogP contribution is 2.29. The Morgan fingerprint density at radius 2 is 1.96 bits per heavy atom. The van der Waals surface area contributed by atoms with Crippen LogP contribution in [0.25, 0.3) is 0 Å². The number of sulfonamides is 1. The lowest BCUT2D eigenvalue weighted by Gasteiger charge is -2.19. The minimum atomic E-state index is -3.85. The first kappa shape index (κ1) is 20.4. The lowest BCUT2D eigenvalue weighted by Crippen LogP contribution is -2.39. The first-order chi connectivity index (χ1) is 11.2. The number of carbonyl (C=O) groups excluding carboxylic acids is 1. The Morgan fingerprint density at radius 1 is 1.29 bits per heavy atom. The van der Waals surface area contributed by atoms with Crippen LogP contribution in [0.2, 0.25) is 0 Å². The maximum absolute atomic E-state index is 12.8. The third-order valence-corrected chi connectivity index (χ3v) is 5.36. The van der Waals surface area contributed by atoms with E-state index in [9.17, 15) is 13.2 Å². The molecule has 1 N–H and O–H groups in total. The predicted octanol–water partition coefficient (Wildman–Crippen LogP) is 1.20. The molecule has 0 aliphatic rings. The summed E-state index contributed by atoms with van der Waals surface area (Å²) in [5.41, 5.74) is 0.882. The second-order valence-corrected chi connectivity index (χ2v) is 7.68. The average molecular weight is 358 g/mol. The fourth-order valence-electron chi connectivity index (χ4n) is 2.06. The van der Waals surface area contributed by atoms with Gasteiger partial charge in [-0.25, -0.2) is 8.42 Å². The van der Waals surface area contributed by atoms with Crippen LogP contribution in [-0.4, -0.2) is 59.6 Å². The van der Waals surface area contributed by atoms with Gasteiger partial charge < -0.3 is 14.8 Å². The zero-order valence-corrected chi connectivity index (χ0v) is 15.6. The maximum Gasteiger partial charge on any atom is 0.246 e. The monoisotopic (exact) mass is 358 g/mol. The van der Waals surface area contributed by atoms with Crippen molar-refractivity contribution in [1.29, 1.82) is 0 Å². The summed E-state index contributed by atoms with van der Waals surface area (Å²) >= 11 is 0. The molecule has 0 atom stereocenters. The van der Waals surface area contributed by atoms with E-state index >= 15 is 0 Å². The number of nitrogens with zero attached hydrogens (tertiary/aromatic N) is 1. The molecule has 1 aromatic rings. The maximum atomic E-state index is 12.8. The van der Waals surface area contributed by atoms with Crippen molar-refractivity contribution in [3.8, 4) is 5.75 Å². The van der Waals surface area contributed by atoms with Gasteiger partial charge in [0.15, 0.2) is 0 Å². The van der Waals surface area contributed by atoms with Crippen LogP contribution in [0.5, 0.6) is 5.75 Å². The molecular formula is C16H26N2O5S. The van der Waals surface area contributed by atoms with E-state index in [4.69, 9.17) is 9.47 Å². The molecule has 0 bridgehead atoms. The van der Waals surface area contributed by atoms with Crippen molar-refractivity contribution in [3.63, 3.8) is 0 Å². The molecule has 1 amide bonds. The van der Waals surface area contributed by atoms with Crippen LogP contribution in [0, 0.1) is 0 Å². The molecule has 0 unspecified atom stereocenters. The topological polar surface area (TPSA) is 84.9 Å². The van der Waals surface area contributed by atoms with Gasteiger partial charge in [0, 0.05) is 20.7 Å². The summed E-state index contributed by atoms with van der Waals surface area (Å²) in [6, 6.07) is 5.06. The molecule has 0 saturated heterocycles. The van der Waals surface area contributed by atoms with Crippen LogP contribution < -0.4 is 10.1 Å². The van der Waals surface area contributed by atoms with E-state index in [0.29, 0.717) is 13.2 Å². The van der Waals surface area contributed by atoms with E-state index in [1.165, 1.54) is 21.3 Å². The van der Waals surface area contributed by atoms with Crippen LogP contribution >= 0.6 is 0 Å². The second-order valence-electron chi connectivity index (χ2n) is 5.67. The molecule has 24 heavy (non-hydrogen) atoms. The quantitative estimate of drug-likeness (QED) is 0.671. The number of hydrogen-bond acceptors (Lipinski definition) is 5. The molecule has 0 heterocycles. The largest absolute Gasteiger partial charge is 0.495 e. The zero-order valence-electron chi connectivity index (χ0n) is 14.8. The summed E-state index contributed by atoms with van der Waals surface area (Å²) in [6.07, 6.45) is 0. The Kier molecular flexibility index (Phi) is 7.65. The van der Waals surface area contributed by atoms with Gasteiger partial charge in [-0.15, -0.1) is 0 Å². The van der Waals surface area contributed by atoms with Crippen molar-refractivity contribution in [2.45, 2.75) is 24.7 Å². The number of hydrogen-bond donors (Lipinski definition) is 1. The second kappa shape index (κ2) is 9.00. The molecule has 1 rings (SSSR count). The Bertz CT molecular complexity index is 658. The molecule has 0 aliphatic carbocycles. The molecular weight excluding hydrogens is 332 g/mol. The Labute approximate surface area is 144 Å². The fourth-order valence-corrected chi connectivity index (χ4v) is 3.37. The number of ether oxygens (including phenoxy) is 2. The predicted molar refractivity (Wildman–Crippen MR) is 91.8 cm³/mol. The standard InChI is InChI=1S/C16H26N2O5S/c1-12(2)13-6-7-14(23-5)15(10-13)24(20,21)18(3)11-16(19)17-8-9-22-4/h6-7,10,12H,8-9,11H2,1-5H3,(H,17,19). The Balaban J connectivity index is 3.01. The van der Waals surface area contributed by atoms with Gasteiger partial charge in [-0.05, 0) is 23.6 Å². The van der Waals surface area contributed by atoms with Crippen molar-refractivity contribution >= 4 is 15.9 Å². The van der Waals surface area contributed by atoms with E-state index in [2.05, 4.69) is 5.32 Å². The van der Waals surface area contributed by atoms with Crippen molar-refractivity contribution < 1.29 is 22.7 Å². The van der Waals surface area contributed by atoms with Crippen LogP contribution in [0.3, 0.4) is 0 Å². The van der Waals surface area contributed by atoms with Crippen molar-refractivity contribution in [3.05, 3.63) is 23.8 Å². The SMILES string of the molecule is COCCNC(=O)CN(C)S(=O)(=O)c1cc(C(C)C)ccc1OC. The number of carbonyl (C=O) groups is 1. The number of amides is 1. The van der Waals surface area contributed by atoms with Gasteiger partial charge in [0.2, 0.25) is 15.9 Å². The summed E-state index contributed by atoms with van der Waals surface area (Å²) in [5.74, 6) is 0.0376. The number of rotatable bonds is 9. The molecule has 0 aromatic heterocycles. The molecule has 0 fully saturated rings. The van der Waals surface area contributed by atoms with Gasteiger partial charge in [-0.2, -0.15) is 4.31 Å². The first-order valence-corrected chi connectivity index (χ1v) is 9.08. The van der Waals surface area contributed by atoms with E-state index in [0.717, 1.165) is 9.87 Å². The summed E-state index contributed by atoms with van der Waals surface area (Å²) in [4.78, 5) is 11.9.